The fraction of sp³-hybridized carbons (Fsp3) is 0.357. The van der Waals surface area contributed by atoms with E-state index in [0.717, 1.165) is 82.7 Å². The van der Waals surface area contributed by atoms with Crippen molar-refractivity contribution in [3.63, 3.8) is 0 Å². The number of benzene rings is 1. The molecule has 0 saturated carbocycles. The first-order valence-electron chi connectivity index (χ1n) is 12.6. The number of rotatable bonds is 6. The van der Waals surface area contributed by atoms with E-state index in [0.29, 0.717) is 11.1 Å². The zero-order chi connectivity index (χ0) is 25.5. The molecule has 1 aromatic carbocycles. The van der Waals surface area contributed by atoms with Gasteiger partial charge in [0.2, 0.25) is 0 Å². The van der Waals surface area contributed by atoms with Crippen LogP contribution in [-0.4, -0.2) is 49.9 Å². The number of aromatic nitrogens is 6. The average Bonchev–Trinajstić information content (AvgIpc) is 3.42. The van der Waals surface area contributed by atoms with Crippen LogP contribution in [0.15, 0.2) is 48.8 Å². The molecule has 0 radical (unpaired) electrons. The highest BCUT2D eigenvalue weighted by Gasteiger charge is 2.28. The highest BCUT2D eigenvalue weighted by molar-refractivity contribution is 6.30. The lowest BCUT2D eigenvalue weighted by atomic mass is 9.88. The maximum Gasteiger partial charge on any atom is 0.131 e. The Morgan fingerprint density at radius 1 is 1.11 bits per heavy atom. The number of pyridine rings is 2. The Labute approximate surface area is 220 Å². The van der Waals surface area contributed by atoms with Gasteiger partial charge in [0, 0.05) is 49.2 Å². The zero-order valence-electron chi connectivity index (χ0n) is 21.2. The third kappa shape index (κ3) is 4.24. The number of methoxy groups -OCH3 is 1. The molecule has 4 aromatic heterocycles. The standard InChI is InChI=1S/C28H29ClN6O2/c1-17-28(34(2)33-32-17)19-13-24-27(31-15-19)21-16-30-26(29)14-23(21)35(24)22(12-18-8-10-37-11-9-18)20-6-4-5-7-25(20)36-3/h4-7,13-16,18,22H,8-12H2,1-3H3. The van der Waals surface area contributed by atoms with Gasteiger partial charge in [-0.25, -0.2) is 9.67 Å². The largest absolute Gasteiger partial charge is 0.496 e. The Morgan fingerprint density at radius 3 is 2.68 bits per heavy atom. The van der Waals surface area contributed by atoms with E-state index in [1.165, 1.54) is 0 Å². The summed E-state index contributed by atoms with van der Waals surface area (Å²) in [5.74, 6) is 1.39. The van der Waals surface area contributed by atoms with Crippen LogP contribution in [0.25, 0.3) is 33.2 Å². The van der Waals surface area contributed by atoms with Crippen molar-refractivity contribution in [1.82, 2.24) is 29.5 Å². The van der Waals surface area contributed by atoms with E-state index in [9.17, 15) is 0 Å². The summed E-state index contributed by atoms with van der Waals surface area (Å²) in [4.78, 5) is 9.34. The van der Waals surface area contributed by atoms with Crippen molar-refractivity contribution in [3.8, 4) is 17.0 Å². The number of halogens is 1. The van der Waals surface area contributed by atoms with Crippen molar-refractivity contribution < 1.29 is 9.47 Å². The van der Waals surface area contributed by atoms with Crippen molar-refractivity contribution >= 4 is 33.5 Å². The predicted molar refractivity (Wildman–Crippen MR) is 144 cm³/mol. The molecule has 190 valence electrons. The van der Waals surface area contributed by atoms with Gasteiger partial charge < -0.3 is 14.0 Å². The fourth-order valence-corrected chi connectivity index (χ4v) is 5.86. The quantitative estimate of drug-likeness (QED) is 0.267. The SMILES string of the molecule is COc1ccccc1C(CC1CCOCC1)n1c2cc(Cl)ncc2c2ncc(-c3c(C)nnn3C)cc21. The number of fused-ring (bicyclic) bond motifs is 3. The third-order valence-electron chi connectivity index (χ3n) is 7.47. The summed E-state index contributed by atoms with van der Waals surface area (Å²) in [6.45, 7) is 3.56. The molecule has 0 amide bonds. The van der Waals surface area contributed by atoms with Gasteiger partial charge in [0.15, 0.2) is 0 Å². The van der Waals surface area contributed by atoms with Gasteiger partial charge >= 0.3 is 0 Å². The molecule has 1 aliphatic heterocycles. The molecule has 5 heterocycles. The molecule has 1 aliphatic rings. The molecule has 0 aliphatic carbocycles. The van der Waals surface area contributed by atoms with Crippen molar-refractivity contribution in [3.05, 3.63) is 65.2 Å². The van der Waals surface area contributed by atoms with Gasteiger partial charge in [-0.1, -0.05) is 35.0 Å². The first-order valence-corrected chi connectivity index (χ1v) is 13.0. The second-order valence-electron chi connectivity index (χ2n) is 9.68. The van der Waals surface area contributed by atoms with Crippen molar-refractivity contribution in [1.29, 1.82) is 0 Å². The molecule has 8 nitrogen and oxygen atoms in total. The number of hydrogen-bond donors (Lipinski definition) is 0. The van der Waals surface area contributed by atoms with Crippen LogP contribution in [0.1, 0.15) is 36.6 Å². The Kier molecular flexibility index (Phi) is 6.30. The number of ether oxygens (including phenoxy) is 2. The second-order valence-corrected chi connectivity index (χ2v) is 10.1. The molecule has 6 rings (SSSR count). The number of nitrogens with zero attached hydrogens (tertiary/aromatic N) is 6. The molecule has 0 bridgehead atoms. The summed E-state index contributed by atoms with van der Waals surface area (Å²) >= 11 is 6.47. The maximum absolute atomic E-state index is 6.47. The van der Waals surface area contributed by atoms with Gasteiger partial charge in [0.05, 0.1) is 41.1 Å². The molecular formula is C28H29ClN6O2. The summed E-state index contributed by atoms with van der Waals surface area (Å²) in [5, 5.41) is 9.89. The van der Waals surface area contributed by atoms with Crippen molar-refractivity contribution in [2.45, 2.75) is 32.2 Å². The second kappa shape index (κ2) is 9.76. The summed E-state index contributed by atoms with van der Waals surface area (Å²) < 4.78 is 15.7. The lowest BCUT2D eigenvalue weighted by molar-refractivity contribution is 0.0609. The third-order valence-corrected chi connectivity index (χ3v) is 7.67. The van der Waals surface area contributed by atoms with E-state index in [1.807, 2.05) is 44.6 Å². The minimum Gasteiger partial charge on any atom is -0.496 e. The van der Waals surface area contributed by atoms with Crippen molar-refractivity contribution in [2.75, 3.05) is 20.3 Å². The van der Waals surface area contributed by atoms with Gasteiger partial charge in [-0.15, -0.1) is 5.10 Å². The molecule has 9 heteroatoms. The van der Waals surface area contributed by atoms with E-state index in [-0.39, 0.29) is 6.04 Å². The van der Waals surface area contributed by atoms with E-state index < -0.39 is 0 Å². The van der Waals surface area contributed by atoms with Gasteiger partial charge in [-0.3, -0.25) is 4.98 Å². The Morgan fingerprint density at radius 2 is 1.92 bits per heavy atom. The highest BCUT2D eigenvalue weighted by atomic mass is 35.5. The van der Waals surface area contributed by atoms with Gasteiger partial charge in [0.1, 0.15) is 10.9 Å². The van der Waals surface area contributed by atoms with Crippen molar-refractivity contribution in [2.24, 2.45) is 13.0 Å². The maximum atomic E-state index is 6.47. The summed E-state index contributed by atoms with van der Waals surface area (Å²) in [6, 6.07) is 12.4. The number of para-hydroxylation sites is 1. The number of aryl methyl sites for hydroxylation is 2. The summed E-state index contributed by atoms with van der Waals surface area (Å²) in [5.41, 5.74) is 6.81. The minimum atomic E-state index is 0.000487. The fourth-order valence-electron chi connectivity index (χ4n) is 5.71. The topological polar surface area (TPSA) is 79.9 Å². The molecule has 1 atom stereocenters. The lowest BCUT2D eigenvalue weighted by Gasteiger charge is -2.30. The van der Waals surface area contributed by atoms with E-state index in [2.05, 4.69) is 38.1 Å². The zero-order valence-corrected chi connectivity index (χ0v) is 21.9. The molecule has 5 aromatic rings. The van der Waals surface area contributed by atoms with Crippen LogP contribution in [0, 0.1) is 12.8 Å². The van der Waals surface area contributed by atoms with Crippen LogP contribution in [0.3, 0.4) is 0 Å². The first kappa shape index (κ1) is 23.9. The average molecular weight is 517 g/mol. The molecule has 37 heavy (non-hydrogen) atoms. The van der Waals surface area contributed by atoms with Gasteiger partial charge in [-0.05, 0) is 50.3 Å². The van der Waals surface area contributed by atoms with Crippen LogP contribution in [-0.2, 0) is 11.8 Å². The van der Waals surface area contributed by atoms with Crippen LogP contribution >= 0.6 is 11.6 Å². The Hall–Kier alpha value is -3.49. The molecule has 0 spiro atoms. The smallest absolute Gasteiger partial charge is 0.131 e. The normalized spacial score (nSPS) is 15.5. The highest BCUT2D eigenvalue weighted by Crippen LogP contribution is 2.41. The molecule has 1 saturated heterocycles. The van der Waals surface area contributed by atoms with Crippen LogP contribution < -0.4 is 4.74 Å². The van der Waals surface area contributed by atoms with Crippen LogP contribution in [0.5, 0.6) is 5.75 Å². The Balaban J connectivity index is 1.64. The van der Waals surface area contributed by atoms with Crippen LogP contribution in [0.2, 0.25) is 5.15 Å². The predicted octanol–water partition coefficient (Wildman–Crippen LogP) is 5.76. The first-order chi connectivity index (χ1) is 18.0. The molecule has 0 N–H and O–H groups in total. The van der Waals surface area contributed by atoms with E-state index >= 15 is 0 Å². The summed E-state index contributed by atoms with van der Waals surface area (Å²) in [6.07, 6.45) is 6.73. The summed E-state index contributed by atoms with van der Waals surface area (Å²) in [7, 11) is 3.64. The minimum absolute atomic E-state index is 0.000487. The van der Waals surface area contributed by atoms with Gasteiger partial charge in [0.25, 0.3) is 0 Å². The Bertz CT molecular complexity index is 1570. The van der Waals surface area contributed by atoms with E-state index in [4.69, 9.17) is 26.1 Å². The van der Waals surface area contributed by atoms with Gasteiger partial charge in [-0.2, -0.15) is 0 Å². The monoisotopic (exact) mass is 516 g/mol. The molecule has 1 unspecified atom stereocenters. The molecular weight excluding hydrogens is 488 g/mol. The van der Waals surface area contributed by atoms with E-state index in [1.54, 1.807) is 11.8 Å². The van der Waals surface area contributed by atoms with Crippen LogP contribution in [0.4, 0.5) is 0 Å². The number of hydrogen-bond acceptors (Lipinski definition) is 6. The molecule has 1 fully saturated rings. The lowest BCUT2D eigenvalue weighted by Crippen LogP contribution is -2.21.